The van der Waals surface area contributed by atoms with Crippen LogP contribution in [0.2, 0.25) is 0 Å². The van der Waals surface area contributed by atoms with Gasteiger partial charge < -0.3 is 15.5 Å². The van der Waals surface area contributed by atoms with Crippen LogP contribution in [0.15, 0.2) is 29.6 Å². The van der Waals surface area contributed by atoms with Crippen LogP contribution >= 0.6 is 11.3 Å². The Kier molecular flexibility index (Phi) is 9.83. The smallest absolute Gasteiger partial charge is 0.321 e. The van der Waals surface area contributed by atoms with Gasteiger partial charge >= 0.3 is 6.03 Å². The van der Waals surface area contributed by atoms with Gasteiger partial charge in [0.25, 0.3) is 0 Å². The summed E-state index contributed by atoms with van der Waals surface area (Å²) in [4.78, 5) is 19.2. The number of anilines is 2. The van der Waals surface area contributed by atoms with Crippen LogP contribution in [0.4, 0.5) is 15.6 Å². The maximum absolute atomic E-state index is 12.6. The van der Waals surface area contributed by atoms with E-state index in [-0.39, 0.29) is 6.03 Å². The normalized spacial score (nSPS) is 10.7. The lowest BCUT2D eigenvalue weighted by Crippen LogP contribution is -2.36. The number of carbonyl (C=O) groups excluding carboxylic acids is 1. The number of urea groups is 1. The molecule has 0 aliphatic carbocycles. The lowest BCUT2D eigenvalue weighted by Gasteiger charge is -2.22. The van der Waals surface area contributed by atoms with Crippen LogP contribution in [-0.4, -0.2) is 35.5 Å². The number of aromatic nitrogens is 1. The summed E-state index contributed by atoms with van der Waals surface area (Å²) in [6.45, 7) is 9.07. The lowest BCUT2D eigenvalue weighted by atomic mass is 10.1. The number of hydrogen-bond acceptors (Lipinski definition) is 4. The lowest BCUT2D eigenvalue weighted by molar-refractivity contribution is 0.210. The molecule has 0 spiro atoms. The average Bonchev–Trinajstić information content (AvgIpc) is 3.18. The number of nitrogens with one attached hydrogen (secondary N) is 2. The summed E-state index contributed by atoms with van der Waals surface area (Å²) in [7, 11) is 0. The Labute approximate surface area is 173 Å². The highest BCUT2D eigenvalue weighted by Gasteiger charge is 2.13. The molecule has 5 nitrogen and oxygen atoms in total. The number of rotatable bonds is 12. The van der Waals surface area contributed by atoms with E-state index < -0.39 is 0 Å². The monoisotopic (exact) mass is 402 g/mol. The summed E-state index contributed by atoms with van der Waals surface area (Å²) < 4.78 is 0. The van der Waals surface area contributed by atoms with E-state index in [9.17, 15) is 4.79 Å². The topological polar surface area (TPSA) is 57.3 Å². The van der Waals surface area contributed by atoms with E-state index in [1.165, 1.54) is 6.42 Å². The Hall–Kier alpha value is -2.08. The van der Waals surface area contributed by atoms with E-state index in [4.69, 9.17) is 0 Å². The van der Waals surface area contributed by atoms with Gasteiger partial charge in [-0.05, 0) is 31.4 Å². The molecule has 0 saturated heterocycles. The molecule has 0 atom stereocenters. The van der Waals surface area contributed by atoms with Crippen LogP contribution in [0.25, 0.3) is 11.3 Å². The molecule has 0 saturated carbocycles. The molecule has 1 heterocycles. The molecule has 0 unspecified atom stereocenters. The van der Waals surface area contributed by atoms with E-state index in [0.717, 1.165) is 73.8 Å². The Balaban J connectivity index is 1.94. The third kappa shape index (κ3) is 7.15. The third-order valence-corrected chi connectivity index (χ3v) is 5.39. The molecule has 0 bridgehead atoms. The fraction of sp³-hybridized carbons (Fsp3) is 0.545. The number of nitrogens with zero attached hydrogens (tertiary/aromatic N) is 2. The van der Waals surface area contributed by atoms with Gasteiger partial charge in [-0.15, -0.1) is 11.3 Å². The Morgan fingerprint density at radius 1 is 1.00 bits per heavy atom. The fourth-order valence-corrected chi connectivity index (χ4v) is 3.55. The van der Waals surface area contributed by atoms with Crippen molar-refractivity contribution in [3.05, 3.63) is 29.6 Å². The molecule has 0 fully saturated rings. The van der Waals surface area contributed by atoms with Crippen molar-refractivity contribution in [1.82, 2.24) is 9.88 Å². The molecule has 0 radical (unpaired) electrons. The molecule has 0 aliphatic rings. The minimum Gasteiger partial charge on any atom is -0.362 e. The summed E-state index contributed by atoms with van der Waals surface area (Å²) in [6.07, 6.45) is 6.58. The zero-order valence-corrected chi connectivity index (χ0v) is 18.3. The summed E-state index contributed by atoms with van der Waals surface area (Å²) in [5, 5.41) is 9.43. The van der Waals surface area contributed by atoms with Gasteiger partial charge in [0.15, 0.2) is 5.13 Å². The Morgan fingerprint density at radius 2 is 1.64 bits per heavy atom. The minimum atomic E-state index is -0.00859. The number of carbonyl (C=O) groups is 1. The molecule has 6 heteroatoms. The molecule has 2 rings (SSSR count). The van der Waals surface area contributed by atoms with Gasteiger partial charge in [-0.3, -0.25) is 0 Å². The van der Waals surface area contributed by atoms with Gasteiger partial charge in [0, 0.05) is 36.3 Å². The van der Waals surface area contributed by atoms with E-state index >= 15 is 0 Å². The second kappa shape index (κ2) is 12.4. The van der Waals surface area contributed by atoms with Gasteiger partial charge in [0.1, 0.15) is 0 Å². The SMILES string of the molecule is CCCCNc1nc(-c2ccc(NC(=O)N(CCCC)CCCC)cc2)cs1. The summed E-state index contributed by atoms with van der Waals surface area (Å²) >= 11 is 1.63. The molecule has 2 amide bonds. The zero-order chi connectivity index (χ0) is 20.2. The van der Waals surface area contributed by atoms with Crippen molar-refractivity contribution in [2.75, 3.05) is 30.3 Å². The second-order valence-electron chi connectivity index (χ2n) is 7.02. The van der Waals surface area contributed by atoms with Crippen LogP contribution < -0.4 is 10.6 Å². The van der Waals surface area contributed by atoms with Crippen molar-refractivity contribution in [3.63, 3.8) is 0 Å². The van der Waals surface area contributed by atoms with Crippen molar-refractivity contribution in [3.8, 4) is 11.3 Å². The van der Waals surface area contributed by atoms with Gasteiger partial charge in [-0.25, -0.2) is 9.78 Å². The maximum Gasteiger partial charge on any atom is 0.321 e. The number of benzene rings is 1. The van der Waals surface area contributed by atoms with Gasteiger partial charge in [-0.2, -0.15) is 0 Å². The average molecular weight is 403 g/mol. The molecule has 28 heavy (non-hydrogen) atoms. The fourth-order valence-electron chi connectivity index (χ4n) is 2.80. The van der Waals surface area contributed by atoms with Crippen LogP contribution in [0.1, 0.15) is 59.3 Å². The summed E-state index contributed by atoms with van der Waals surface area (Å²) in [5.41, 5.74) is 2.85. The maximum atomic E-state index is 12.6. The van der Waals surface area contributed by atoms with Crippen molar-refractivity contribution in [2.24, 2.45) is 0 Å². The molecule has 1 aromatic carbocycles. The van der Waals surface area contributed by atoms with Crippen molar-refractivity contribution >= 4 is 28.2 Å². The predicted molar refractivity (Wildman–Crippen MR) is 121 cm³/mol. The molecule has 0 aliphatic heterocycles. The predicted octanol–water partition coefficient (Wildman–Crippen LogP) is 6.46. The first-order valence-electron chi connectivity index (χ1n) is 10.5. The Morgan fingerprint density at radius 3 is 2.25 bits per heavy atom. The van der Waals surface area contributed by atoms with Crippen molar-refractivity contribution in [2.45, 2.75) is 59.3 Å². The summed E-state index contributed by atoms with van der Waals surface area (Å²) in [6, 6.07) is 7.93. The zero-order valence-electron chi connectivity index (χ0n) is 17.5. The van der Waals surface area contributed by atoms with E-state index in [1.54, 1.807) is 11.3 Å². The first-order chi connectivity index (χ1) is 13.7. The highest BCUT2D eigenvalue weighted by Crippen LogP contribution is 2.26. The number of hydrogen-bond donors (Lipinski definition) is 2. The second-order valence-corrected chi connectivity index (χ2v) is 7.88. The number of unbranched alkanes of at least 4 members (excludes halogenated alkanes) is 3. The largest absolute Gasteiger partial charge is 0.362 e. The molecule has 154 valence electrons. The van der Waals surface area contributed by atoms with Crippen LogP contribution in [0.5, 0.6) is 0 Å². The van der Waals surface area contributed by atoms with Gasteiger partial charge in [0.2, 0.25) is 0 Å². The quantitative estimate of drug-likeness (QED) is 0.401. The van der Waals surface area contributed by atoms with E-state index in [0.29, 0.717) is 0 Å². The van der Waals surface area contributed by atoms with Gasteiger partial charge in [-0.1, -0.05) is 52.2 Å². The molecule has 1 aromatic heterocycles. The highest BCUT2D eigenvalue weighted by atomic mass is 32.1. The van der Waals surface area contributed by atoms with Crippen LogP contribution in [0.3, 0.4) is 0 Å². The molecule has 2 N–H and O–H groups in total. The molecule has 2 aromatic rings. The van der Waals surface area contributed by atoms with Crippen molar-refractivity contribution in [1.29, 1.82) is 0 Å². The van der Waals surface area contributed by atoms with E-state index in [2.05, 4.69) is 41.8 Å². The molecular formula is C22H34N4OS. The minimum absolute atomic E-state index is 0.00859. The first-order valence-corrected chi connectivity index (χ1v) is 11.4. The number of amides is 2. The van der Waals surface area contributed by atoms with Gasteiger partial charge in [0.05, 0.1) is 5.69 Å². The van der Waals surface area contributed by atoms with E-state index in [1.807, 2.05) is 29.2 Å². The van der Waals surface area contributed by atoms with Crippen LogP contribution in [0, 0.1) is 0 Å². The van der Waals surface area contributed by atoms with Crippen molar-refractivity contribution < 1.29 is 4.79 Å². The van der Waals surface area contributed by atoms with Crippen LogP contribution in [-0.2, 0) is 0 Å². The third-order valence-electron chi connectivity index (χ3n) is 4.59. The molecular weight excluding hydrogens is 368 g/mol. The summed E-state index contributed by atoms with van der Waals surface area (Å²) in [5.74, 6) is 0. The standard InChI is InChI=1S/C22H34N4OS/c1-4-7-14-23-21-25-20(17-28-21)18-10-12-19(13-11-18)24-22(27)26(15-8-5-2)16-9-6-3/h10-13,17H,4-9,14-16H2,1-3H3,(H,23,25)(H,24,27). The first kappa shape index (κ1) is 22.2. The number of thiazole rings is 1. The Bertz CT molecular complexity index is 691. The highest BCUT2D eigenvalue weighted by molar-refractivity contribution is 7.14.